The molecule has 4 aromatic rings. The second-order valence-electron chi connectivity index (χ2n) is 8.80. The number of nitrogens with zero attached hydrogens (tertiary/aromatic N) is 3. The Bertz CT molecular complexity index is 1280. The minimum Gasteiger partial charge on any atom is -0.484 e. The summed E-state index contributed by atoms with van der Waals surface area (Å²) in [6.07, 6.45) is 4.49. The Morgan fingerprint density at radius 3 is 2.37 bits per heavy atom. The van der Waals surface area contributed by atoms with Gasteiger partial charge in [-0.25, -0.2) is 0 Å². The first-order valence-corrected chi connectivity index (χ1v) is 12.5. The molecule has 0 saturated heterocycles. The van der Waals surface area contributed by atoms with E-state index in [0.717, 1.165) is 18.5 Å². The smallest absolute Gasteiger partial charge is 0.262 e. The number of rotatable bonds is 10. The molecule has 0 radical (unpaired) electrons. The van der Waals surface area contributed by atoms with Crippen molar-refractivity contribution in [1.29, 1.82) is 0 Å². The highest BCUT2D eigenvalue weighted by Crippen LogP contribution is 2.27. The number of benzene rings is 3. The lowest BCUT2D eigenvalue weighted by Gasteiger charge is -2.11. The first kappa shape index (κ1) is 24.7. The Balaban J connectivity index is 1.41. The van der Waals surface area contributed by atoms with Crippen molar-refractivity contribution < 1.29 is 9.53 Å². The molecule has 1 heterocycles. The van der Waals surface area contributed by atoms with Crippen LogP contribution in [0.2, 0.25) is 5.02 Å². The zero-order chi connectivity index (χ0) is 24.8. The van der Waals surface area contributed by atoms with Gasteiger partial charge in [0.1, 0.15) is 16.8 Å². The van der Waals surface area contributed by atoms with Gasteiger partial charge in [0.25, 0.3) is 5.91 Å². The first-order valence-electron chi connectivity index (χ1n) is 12.1. The average Bonchev–Trinajstić information content (AvgIpc) is 3.29. The third kappa shape index (κ3) is 6.20. The highest BCUT2D eigenvalue weighted by molar-refractivity contribution is 6.34. The number of unbranched alkanes of at least 4 members (excludes halogenated alkanes) is 1. The maximum absolute atomic E-state index is 12.5. The Hall–Kier alpha value is -3.38. The Morgan fingerprint density at radius 1 is 1.03 bits per heavy atom. The van der Waals surface area contributed by atoms with E-state index in [-0.39, 0.29) is 12.5 Å². The standard InChI is InChI=1S/C28H31ClN4O2/c1-4-6-7-20-8-12-22(13-9-20)33-31-26-16-24(29)25(17-27(26)32-33)30-28(34)18-35-23-14-10-21(11-15-23)19(3)5-2/h8-17,19H,4-7,18H2,1-3H3,(H,30,34). The van der Waals surface area contributed by atoms with E-state index in [1.807, 2.05) is 36.4 Å². The van der Waals surface area contributed by atoms with Crippen LogP contribution in [-0.4, -0.2) is 27.5 Å². The molecule has 0 bridgehead atoms. The van der Waals surface area contributed by atoms with Gasteiger partial charge in [0.15, 0.2) is 6.61 Å². The molecule has 1 unspecified atom stereocenters. The lowest BCUT2D eigenvalue weighted by molar-refractivity contribution is -0.118. The van der Waals surface area contributed by atoms with E-state index in [0.29, 0.717) is 33.4 Å². The predicted octanol–water partition coefficient (Wildman–Crippen LogP) is 6.95. The van der Waals surface area contributed by atoms with Crippen molar-refractivity contribution in [3.8, 4) is 11.4 Å². The molecule has 0 spiro atoms. The molecule has 1 amide bonds. The van der Waals surface area contributed by atoms with Crippen LogP contribution in [0.5, 0.6) is 5.75 Å². The highest BCUT2D eigenvalue weighted by atomic mass is 35.5. The van der Waals surface area contributed by atoms with E-state index >= 15 is 0 Å². The minimum absolute atomic E-state index is 0.117. The number of fused-ring (bicyclic) bond motifs is 1. The monoisotopic (exact) mass is 490 g/mol. The molecule has 0 fully saturated rings. The lowest BCUT2D eigenvalue weighted by atomic mass is 9.99. The number of amides is 1. The fraction of sp³-hybridized carbons (Fsp3) is 0.321. The van der Waals surface area contributed by atoms with E-state index < -0.39 is 0 Å². The van der Waals surface area contributed by atoms with Gasteiger partial charge in [-0.2, -0.15) is 4.80 Å². The summed E-state index contributed by atoms with van der Waals surface area (Å²) in [4.78, 5) is 14.1. The molecule has 4 rings (SSSR count). The molecule has 0 saturated carbocycles. The van der Waals surface area contributed by atoms with Gasteiger partial charge in [0, 0.05) is 0 Å². The van der Waals surface area contributed by atoms with Gasteiger partial charge in [0.2, 0.25) is 0 Å². The van der Waals surface area contributed by atoms with Gasteiger partial charge in [-0.1, -0.05) is 63.1 Å². The van der Waals surface area contributed by atoms with Crippen molar-refractivity contribution >= 4 is 34.2 Å². The van der Waals surface area contributed by atoms with Crippen molar-refractivity contribution in [2.75, 3.05) is 11.9 Å². The van der Waals surface area contributed by atoms with Gasteiger partial charge in [-0.3, -0.25) is 4.79 Å². The number of hydrogen-bond acceptors (Lipinski definition) is 4. The normalized spacial score (nSPS) is 12.0. The van der Waals surface area contributed by atoms with Gasteiger partial charge in [-0.05, 0) is 72.7 Å². The molecule has 1 N–H and O–H groups in total. The highest BCUT2D eigenvalue weighted by Gasteiger charge is 2.13. The van der Waals surface area contributed by atoms with Gasteiger partial charge >= 0.3 is 0 Å². The van der Waals surface area contributed by atoms with Crippen molar-refractivity contribution in [3.63, 3.8) is 0 Å². The Morgan fingerprint density at radius 2 is 1.71 bits per heavy atom. The molecule has 7 heteroatoms. The second-order valence-corrected chi connectivity index (χ2v) is 9.20. The van der Waals surface area contributed by atoms with E-state index in [9.17, 15) is 4.79 Å². The molecule has 35 heavy (non-hydrogen) atoms. The first-order chi connectivity index (χ1) is 17.0. The molecule has 182 valence electrons. The zero-order valence-corrected chi connectivity index (χ0v) is 21.2. The fourth-order valence-electron chi connectivity index (χ4n) is 3.79. The molecule has 0 aliphatic carbocycles. The molecule has 1 atom stereocenters. The largest absolute Gasteiger partial charge is 0.484 e. The van der Waals surface area contributed by atoms with E-state index in [1.54, 1.807) is 16.9 Å². The van der Waals surface area contributed by atoms with Crippen molar-refractivity contribution in [1.82, 2.24) is 15.0 Å². The summed E-state index contributed by atoms with van der Waals surface area (Å²) in [6.45, 7) is 6.42. The van der Waals surface area contributed by atoms with Crippen molar-refractivity contribution in [2.24, 2.45) is 0 Å². The number of halogens is 1. The van der Waals surface area contributed by atoms with E-state index in [4.69, 9.17) is 16.3 Å². The fourth-order valence-corrected chi connectivity index (χ4v) is 3.99. The number of aryl methyl sites for hydroxylation is 1. The van der Waals surface area contributed by atoms with Crippen molar-refractivity contribution in [2.45, 2.75) is 52.4 Å². The van der Waals surface area contributed by atoms with Crippen LogP contribution in [0.1, 0.15) is 57.1 Å². The summed E-state index contributed by atoms with van der Waals surface area (Å²) in [5, 5.41) is 12.3. The SMILES string of the molecule is CCCCc1ccc(-n2nc3cc(Cl)c(NC(=O)COc4ccc(C(C)CC)cc4)cc3n2)cc1. The summed E-state index contributed by atoms with van der Waals surface area (Å²) >= 11 is 6.42. The summed E-state index contributed by atoms with van der Waals surface area (Å²) in [7, 11) is 0. The predicted molar refractivity (Wildman–Crippen MR) is 142 cm³/mol. The summed E-state index contributed by atoms with van der Waals surface area (Å²) in [5.74, 6) is 0.845. The van der Waals surface area contributed by atoms with Gasteiger partial charge in [0.05, 0.1) is 16.4 Å². The quantitative estimate of drug-likeness (QED) is 0.261. The number of anilines is 1. The minimum atomic E-state index is -0.299. The molecule has 1 aromatic heterocycles. The maximum Gasteiger partial charge on any atom is 0.262 e. The van der Waals surface area contributed by atoms with Gasteiger partial charge in [-0.15, -0.1) is 10.2 Å². The number of nitrogens with one attached hydrogen (secondary N) is 1. The topological polar surface area (TPSA) is 69.0 Å². The van der Waals surface area contributed by atoms with E-state index in [1.165, 1.54) is 24.0 Å². The maximum atomic E-state index is 12.5. The number of carbonyl (C=O) groups is 1. The van der Waals surface area contributed by atoms with Crippen LogP contribution in [-0.2, 0) is 11.2 Å². The van der Waals surface area contributed by atoms with Crippen LogP contribution < -0.4 is 10.1 Å². The second kappa shape index (κ2) is 11.4. The third-order valence-electron chi connectivity index (χ3n) is 6.16. The molecule has 3 aromatic carbocycles. The third-order valence-corrected chi connectivity index (χ3v) is 6.47. The Kier molecular flexibility index (Phi) is 8.03. The molecule has 0 aliphatic rings. The van der Waals surface area contributed by atoms with Crippen LogP contribution in [0.25, 0.3) is 16.7 Å². The lowest BCUT2D eigenvalue weighted by Crippen LogP contribution is -2.20. The summed E-state index contributed by atoms with van der Waals surface area (Å²) in [5.41, 5.74) is 5.19. The number of hydrogen-bond donors (Lipinski definition) is 1. The van der Waals surface area contributed by atoms with Crippen LogP contribution in [0.15, 0.2) is 60.7 Å². The summed E-state index contributed by atoms with van der Waals surface area (Å²) in [6, 6.07) is 19.5. The van der Waals surface area contributed by atoms with Crippen LogP contribution >= 0.6 is 11.6 Å². The summed E-state index contributed by atoms with van der Waals surface area (Å²) < 4.78 is 5.64. The van der Waals surface area contributed by atoms with Crippen LogP contribution in [0.4, 0.5) is 5.69 Å². The molecular formula is C28H31ClN4O2. The average molecular weight is 491 g/mol. The molecule has 6 nitrogen and oxygen atoms in total. The van der Waals surface area contributed by atoms with E-state index in [2.05, 4.69) is 48.4 Å². The molecule has 0 aliphatic heterocycles. The van der Waals surface area contributed by atoms with Crippen LogP contribution in [0.3, 0.4) is 0 Å². The number of aromatic nitrogens is 3. The Labute approximate surface area is 211 Å². The zero-order valence-electron chi connectivity index (χ0n) is 20.4. The van der Waals surface area contributed by atoms with Gasteiger partial charge < -0.3 is 10.1 Å². The van der Waals surface area contributed by atoms with Crippen molar-refractivity contribution in [3.05, 3.63) is 76.8 Å². The number of carbonyl (C=O) groups excluding carboxylic acids is 1. The van der Waals surface area contributed by atoms with Crippen LogP contribution in [0, 0.1) is 0 Å². The molecular weight excluding hydrogens is 460 g/mol. The number of ether oxygens (including phenoxy) is 1.